The number of nitrogens with one attached hydrogen (secondary N) is 1. The van der Waals surface area contributed by atoms with Crippen molar-refractivity contribution in [1.82, 2.24) is 0 Å². The van der Waals surface area contributed by atoms with Gasteiger partial charge >= 0.3 is 5.97 Å². The Bertz CT molecular complexity index is 825. The second kappa shape index (κ2) is 8.57. The van der Waals surface area contributed by atoms with Gasteiger partial charge in [-0.3, -0.25) is 4.79 Å². The molecule has 2 aromatic rings. The monoisotopic (exact) mass is 387 g/mol. The molecule has 0 fully saturated rings. The maximum Gasteiger partial charge on any atom is 0.341 e. The summed E-state index contributed by atoms with van der Waals surface area (Å²) in [4.78, 5) is 26.4. The maximum atomic E-state index is 12.7. The number of carbonyl (C=O) groups is 2. The number of fused-ring (bicyclic) bond motifs is 1. The molecular weight excluding hydrogens is 362 g/mol. The molecule has 0 spiro atoms. The summed E-state index contributed by atoms with van der Waals surface area (Å²) in [6.45, 7) is 4.30. The highest BCUT2D eigenvalue weighted by atomic mass is 32.1. The highest BCUT2D eigenvalue weighted by molar-refractivity contribution is 7.17. The van der Waals surface area contributed by atoms with Gasteiger partial charge in [0.2, 0.25) is 0 Å². The third-order valence-electron chi connectivity index (χ3n) is 5.00. The fraction of sp³-hybridized carbons (Fsp3) is 0.429. The highest BCUT2D eigenvalue weighted by Crippen LogP contribution is 2.41. The maximum absolute atomic E-state index is 12.7. The van der Waals surface area contributed by atoms with Gasteiger partial charge in [-0.2, -0.15) is 0 Å². The van der Waals surface area contributed by atoms with Crippen LogP contribution < -0.4 is 10.1 Å². The van der Waals surface area contributed by atoms with Gasteiger partial charge in [-0.25, -0.2) is 4.79 Å². The van der Waals surface area contributed by atoms with Crippen molar-refractivity contribution in [1.29, 1.82) is 0 Å². The number of benzene rings is 1. The van der Waals surface area contributed by atoms with Crippen LogP contribution in [0.4, 0.5) is 5.00 Å². The molecule has 1 aromatic carbocycles. The van der Waals surface area contributed by atoms with E-state index < -0.39 is 0 Å². The van der Waals surface area contributed by atoms with E-state index in [1.165, 1.54) is 16.2 Å². The van der Waals surface area contributed by atoms with E-state index >= 15 is 0 Å². The zero-order valence-electron chi connectivity index (χ0n) is 16.0. The summed E-state index contributed by atoms with van der Waals surface area (Å²) in [6, 6.07) is 6.90. The van der Waals surface area contributed by atoms with E-state index in [4.69, 9.17) is 9.47 Å². The van der Waals surface area contributed by atoms with Crippen molar-refractivity contribution in [2.75, 3.05) is 19.0 Å². The van der Waals surface area contributed by atoms with Crippen molar-refractivity contribution in [2.24, 2.45) is 5.92 Å². The Balaban J connectivity index is 1.90. The minimum Gasteiger partial charge on any atom is -0.497 e. The van der Waals surface area contributed by atoms with E-state index in [9.17, 15) is 9.59 Å². The predicted molar refractivity (Wildman–Crippen MR) is 107 cm³/mol. The Morgan fingerprint density at radius 2 is 1.96 bits per heavy atom. The first-order chi connectivity index (χ1) is 13.1. The number of ether oxygens (including phenoxy) is 2. The molecule has 0 saturated heterocycles. The summed E-state index contributed by atoms with van der Waals surface area (Å²) in [5, 5.41) is 3.53. The quantitative estimate of drug-likeness (QED) is 0.730. The van der Waals surface area contributed by atoms with Gasteiger partial charge in [-0.1, -0.05) is 13.3 Å². The van der Waals surface area contributed by atoms with Crippen molar-refractivity contribution >= 4 is 28.2 Å². The van der Waals surface area contributed by atoms with Crippen LogP contribution in [0, 0.1) is 5.92 Å². The van der Waals surface area contributed by atoms with Crippen molar-refractivity contribution in [3.63, 3.8) is 0 Å². The summed E-state index contributed by atoms with van der Waals surface area (Å²) >= 11 is 1.51. The van der Waals surface area contributed by atoms with Crippen LogP contribution in [0.15, 0.2) is 24.3 Å². The number of esters is 1. The Morgan fingerprint density at radius 3 is 2.59 bits per heavy atom. The molecular formula is C21H25NO4S. The lowest BCUT2D eigenvalue weighted by molar-refractivity contribution is 0.0526. The number of hydrogen-bond donors (Lipinski definition) is 1. The summed E-state index contributed by atoms with van der Waals surface area (Å²) in [7, 11) is 1.58. The number of anilines is 1. The minimum absolute atomic E-state index is 0.242. The van der Waals surface area contributed by atoms with E-state index in [2.05, 4.69) is 12.2 Å². The van der Waals surface area contributed by atoms with Gasteiger partial charge < -0.3 is 14.8 Å². The second-order valence-electron chi connectivity index (χ2n) is 6.63. The summed E-state index contributed by atoms with van der Waals surface area (Å²) < 4.78 is 10.4. The van der Waals surface area contributed by atoms with Crippen molar-refractivity contribution in [3.05, 3.63) is 45.8 Å². The Kier molecular flexibility index (Phi) is 6.16. The van der Waals surface area contributed by atoms with Gasteiger partial charge in [0, 0.05) is 10.4 Å². The SMILES string of the molecule is CCOC(=O)c1c(NC(=O)c2ccc(OC)cc2)sc2c1CC[C@H](CC)C2. The van der Waals surface area contributed by atoms with E-state index in [1.807, 2.05) is 0 Å². The molecule has 1 aromatic heterocycles. The first-order valence-electron chi connectivity index (χ1n) is 9.34. The van der Waals surface area contributed by atoms with Crippen LogP contribution in [-0.4, -0.2) is 25.6 Å². The lowest BCUT2D eigenvalue weighted by Crippen LogP contribution is -2.17. The van der Waals surface area contributed by atoms with Crippen LogP contribution in [0.25, 0.3) is 0 Å². The molecule has 1 aliphatic rings. The summed E-state index contributed by atoms with van der Waals surface area (Å²) in [6.07, 6.45) is 4.01. The van der Waals surface area contributed by atoms with Crippen LogP contribution in [0.5, 0.6) is 5.75 Å². The average Bonchev–Trinajstić information content (AvgIpc) is 3.04. The second-order valence-corrected chi connectivity index (χ2v) is 7.73. The minimum atomic E-state index is -0.352. The fourth-order valence-corrected chi connectivity index (χ4v) is 4.77. The molecule has 0 saturated carbocycles. The van der Waals surface area contributed by atoms with Crippen LogP contribution in [0.1, 0.15) is 57.8 Å². The van der Waals surface area contributed by atoms with Gasteiger partial charge in [-0.05, 0) is 61.9 Å². The predicted octanol–water partition coefficient (Wildman–Crippen LogP) is 4.70. The van der Waals surface area contributed by atoms with E-state index in [1.54, 1.807) is 38.3 Å². The topological polar surface area (TPSA) is 64.6 Å². The average molecular weight is 388 g/mol. The molecule has 1 N–H and O–H groups in total. The molecule has 6 heteroatoms. The molecule has 0 bridgehead atoms. The number of amides is 1. The van der Waals surface area contributed by atoms with Gasteiger partial charge in [0.15, 0.2) is 0 Å². The first-order valence-corrected chi connectivity index (χ1v) is 10.2. The van der Waals surface area contributed by atoms with Gasteiger partial charge in [-0.15, -0.1) is 11.3 Å². The zero-order chi connectivity index (χ0) is 19.4. The standard InChI is InChI=1S/C21H25NO4S/c1-4-13-6-11-16-17(12-13)27-20(18(16)21(24)26-5-2)22-19(23)14-7-9-15(25-3)10-8-14/h7-10,13H,4-6,11-12H2,1-3H3,(H,22,23)/t13-/m0/s1. The van der Waals surface area contributed by atoms with Crippen LogP contribution in [-0.2, 0) is 17.6 Å². The molecule has 1 heterocycles. The zero-order valence-corrected chi connectivity index (χ0v) is 16.8. The molecule has 0 aliphatic heterocycles. The molecule has 0 unspecified atom stereocenters. The van der Waals surface area contributed by atoms with Gasteiger partial charge in [0.05, 0.1) is 19.3 Å². The number of thiophene rings is 1. The molecule has 1 amide bonds. The molecule has 1 atom stereocenters. The van der Waals surface area contributed by atoms with Crippen LogP contribution in [0.3, 0.4) is 0 Å². The largest absolute Gasteiger partial charge is 0.497 e. The molecule has 1 aliphatic carbocycles. The smallest absolute Gasteiger partial charge is 0.341 e. The fourth-order valence-electron chi connectivity index (χ4n) is 3.43. The number of hydrogen-bond acceptors (Lipinski definition) is 5. The van der Waals surface area contributed by atoms with E-state index in [0.717, 1.165) is 31.2 Å². The molecule has 144 valence electrons. The molecule has 5 nitrogen and oxygen atoms in total. The van der Waals surface area contributed by atoms with Crippen LogP contribution >= 0.6 is 11.3 Å². The molecule has 27 heavy (non-hydrogen) atoms. The Labute approximate surface area is 163 Å². The lowest BCUT2D eigenvalue weighted by atomic mass is 9.85. The first kappa shape index (κ1) is 19.4. The molecule has 3 rings (SSSR count). The van der Waals surface area contributed by atoms with E-state index in [0.29, 0.717) is 34.4 Å². The van der Waals surface area contributed by atoms with Gasteiger partial charge in [0.25, 0.3) is 5.91 Å². The number of rotatable bonds is 6. The lowest BCUT2D eigenvalue weighted by Gasteiger charge is -2.20. The van der Waals surface area contributed by atoms with E-state index in [-0.39, 0.29) is 11.9 Å². The Hall–Kier alpha value is -2.34. The third kappa shape index (κ3) is 4.16. The Morgan fingerprint density at radius 1 is 1.22 bits per heavy atom. The highest BCUT2D eigenvalue weighted by Gasteiger charge is 2.30. The van der Waals surface area contributed by atoms with Crippen molar-refractivity contribution < 1.29 is 19.1 Å². The summed E-state index contributed by atoms with van der Waals surface area (Å²) in [5.74, 6) is 0.733. The number of carbonyl (C=O) groups excluding carboxylic acids is 2. The van der Waals surface area contributed by atoms with Crippen molar-refractivity contribution in [3.8, 4) is 5.75 Å². The third-order valence-corrected chi connectivity index (χ3v) is 6.17. The summed E-state index contributed by atoms with van der Waals surface area (Å²) in [5.41, 5.74) is 2.10. The normalized spacial score (nSPS) is 15.7. The van der Waals surface area contributed by atoms with Crippen LogP contribution in [0.2, 0.25) is 0 Å². The van der Waals surface area contributed by atoms with Crippen molar-refractivity contribution in [2.45, 2.75) is 39.5 Å². The molecule has 0 radical (unpaired) electrons. The number of methoxy groups -OCH3 is 1. The van der Waals surface area contributed by atoms with Gasteiger partial charge in [0.1, 0.15) is 10.8 Å².